The minimum absolute atomic E-state index is 0.0294. The van der Waals surface area contributed by atoms with Crippen LogP contribution in [0.5, 0.6) is 0 Å². The van der Waals surface area contributed by atoms with Gasteiger partial charge in [-0.25, -0.2) is 21.6 Å². The lowest BCUT2D eigenvalue weighted by Crippen LogP contribution is -2.35. The van der Waals surface area contributed by atoms with Crippen molar-refractivity contribution in [1.82, 2.24) is 4.31 Å². The first kappa shape index (κ1) is 22.6. The number of anilines is 2. The monoisotopic (exact) mass is 467 g/mol. The van der Waals surface area contributed by atoms with Crippen LogP contribution < -0.4 is 10.2 Å². The third kappa shape index (κ3) is 4.33. The Morgan fingerprint density at radius 3 is 2.19 bits per heavy atom. The number of amides is 1. The van der Waals surface area contributed by atoms with Gasteiger partial charge in [-0.05, 0) is 56.0 Å². The van der Waals surface area contributed by atoms with Crippen LogP contribution in [0.4, 0.5) is 24.5 Å². The maximum absolute atomic E-state index is 14.1. The summed E-state index contributed by atoms with van der Waals surface area (Å²) in [6.45, 7) is 2.21. The van der Waals surface area contributed by atoms with Gasteiger partial charge in [0.2, 0.25) is 10.0 Å². The standard InChI is InChI=1S/C22H24F3N3O3S/c23-17-7-8-18(21(25)20(17)24)26-22(29)16-14-15(6-9-19(16)27-10-4-5-11-27)32(30,31)28-12-2-1-3-13-28/h6-9,14H,1-5,10-13H2,(H,26,29). The number of piperidine rings is 1. The van der Waals surface area contributed by atoms with Crippen molar-refractivity contribution in [3.8, 4) is 0 Å². The van der Waals surface area contributed by atoms with Gasteiger partial charge in [0, 0.05) is 31.9 Å². The molecule has 2 aromatic rings. The second-order valence-corrected chi connectivity index (χ2v) is 9.95. The maximum atomic E-state index is 14.1. The highest BCUT2D eigenvalue weighted by molar-refractivity contribution is 7.89. The maximum Gasteiger partial charge on any atom is 0.257 e. The molecule has 6 nitrogen and oxygen atoms in total. The van der Waals surface area contributed by atoms with Gasteiger partial charge in [0.25, 0.3) is 5.91 Å². The second kappa shape index (κ2) is 9.11. The molecule has 0 saturated carbocycles. The topological polar surface area (TPSA) is 69.7 Å². The van der Waals surface area contributed by atoms with Crippen molar-refractivity contribution in [3.63, 3.8) is 0 Å². The highest BCUT2D eigenvalue weighted by atomic mass is 32.2. The van der Waals surface area contributed by atoms with E-state index in [0.717, 1.165) is 38.2 Å². The molecule has 4 rings (SSSR count). The van der Waals surface area contributed by atoms with Gasteiger partial charge in [0.1, 0.15) is 0 Å². The van der Waals surface area contributed by atoms with E-state index in [0.29, 0.717) is 37.9 Å². The van der Waals surface area contributed by atoms with Gasteiger partial charge in [0.05, 0.1) is 16.1 Å². The van der Waals surface area contributed by atoms with E-state index >= 15 is 0 Å². The van der Waals surface area contributed by atoms with Crippen molar-refractivity contribution in [2.45, 2.75) is 37.0 Å². The number of hydrogen-bond acceptors (Lipinski definition) is 4. The van der Waals surface area contributed by atoms with Gasteiger partial charge in [-0.15, -0.1) is 0 Å². The SMILES string of the molecule is O=C(Nc1ccc(F)c(F)c1F)c1cc(S(=O)(=O)N2CCCCC2)ccc1N1CCCC1. The molecule has 0 spiro atoms. The first-order valence-electron chi connectivity index (χ1n) is 10.6. The Bertz CT molecular complexity index is 1130. The van der Waals surface area contributed by atoms with Crippen molar-refractivity contribution >= 4 is 27.3 Å². The molecule has 0 aromatic heterocycles. The lowest BCUT2D eigenvalue weighted by molar-refractivity contribution is 0.102. The molecule has 2 fully saturated rings. The molecular weight excluding hydrogens is 443 g/mol. The molecule has 1 amide bonds. The van der Waals surface area contributed by atoms with Crippen LogP contribution >= 0.6 is 0 Å². The number of carbonyl (C=O) groups is 1. The fourth-order valence-corrected chi connectivity index (χ4v) is 5.70. The van der Waals surface area contributed by atoms with Crippen LogP contribution in [0.25, 0.3) is 0 Å². The first-order chi connectivity index (χ1) is 15.3. The predicted molar refractivity (Wildman–Crippen MR) is 115 cm³/mol. The number of carbonyl (C=O) groups excluding carboxylic acids is 1. The van der Waals surface area contributed by atoms with Gasteiger partial charge in [-0.3, -0.25) is 4.79 Å². The van der Waals surface area contributed by atoms with Gasteiger partial charge >= 0.3 is 0 Å². The van der Waals surface area contributed by atoms with E-state index in [4.69, 9.17) is 0 Å². The summed E-state index contributed by atoms with van der Waals surface area (Å²) in [5.74, 6) is -5.37. The van der Waals surface area contributed by atoms with E-state index in [1.54, 1.807) is 6.07 Å². The summed E-state index contributed by atoms with van der Waals surface area (Å²) in [5, 5.41) is 2.26. The van der Waals surface area contributed by atoms with E-state index in [1.807, 2.05) is 4.90 Å². The Kier molecular flexibility index (Phi) is 6.43. The lowest BCUT2D eigenvalue weighted by atomic mass is 10.1. The predicted octanol–water partition coefficient (Wildman–Crippen LogP) is 4.13. The number of rotatable bonds is 5. The molecule has 0 bridgehead atoms. The summed E-state index contributed by atoms with van der Waals surface area (Å²) in [7, 11) is -3.80. The summed E-state index contributed by atoms with van der Waals surface area (Å²) in [4.78, 5) is 15.0. The molecule has 2 aliphatic heterocycles. The molecule has 0 radical (unpaired) electrons. The van der Waals surface area contributed by atoms with Crippen molar-refractivity contribution in [2.75, 3.05) is 36.4 Å². The van der Waals surface area contributed by atoms with Crippen molar-refractivity contribution in [2.24, 2.45) is 0 Å². The largest absolute Gasteiger partial charge is 0.371 e. The number of nitrogens with one attached hydrogen (secondary N) is 1. The molecule has 32 heavy (non-hydrogen) atoms. The van der Waals surface area contributed by atoms with E-state index in [-0.39, 0.29) is 10.5 Å². The van der Waals surface area contributed by atoms with Crippen molar-refractivity contribution in [1.29, 1.82) is 0 Å². The molecule has 0 unspecified atom stereocenters. The summed E-state index contributed by atoms with van der Waals surface area (Å²) in [5.41, 5.74) is 0.0280. The summed E-state index contributed by atoms with van der Waals surface area (Å²) in [6.07, 6.45) is 4.36. The van der Waals surface area contributed by atoms with Crippen LogP contribution in [0, 0.1) is 17.5 Å². The van der Waals surface area contributed by atoms with Gasteiger partial charge in [-0.2, -0.15) is 4.31 Å². The molecule has 1 N–H and O–H groups in total. The zero-order valence-electron chi connectivity index (χ0n) is 17.4. The molecule has 0 atom stereocenters. The Balaban J connectivity index is 1.72. The molecule has 0 aliphatic carbocycles. The van der Waals surface area contributed by atoms with Crippen LogP contribution in [0.1, 0.15) is 42.5 Å². The summed E-state index contributed by atoms with van der Waals surface area (Å²) >= 11 is 0. The van der Waals surface area contributed by atoms with E-state index < -0.39 is 39.1 Å². The van der Waals surface area contributed by atoms with E-state index in [9.17, 15) is 26.4 Å². The average molecular weight is 468 g/mol. The molecule has 10 heteroatoms. The van der Waals surface area contributed by atoms with Gasteiger partial charge in [-0.1, -0.05) is 6.42 Å². The Morgan fingerprint density at radius 1 is 0.844 bits per heavy atom. The van der Waals surface area contributed by atoms with Gasteiger partial charge in [0.15, 0.2) is 17.5 Å². The van der Waals surface area contributed by atoms with E-state index in [2.05, 4.69) is 5.32 Å². The highest BCUT2D eigenvalue weighted by Crippen LogP contribution is 2.30. The fourth-order valence-electron chi connectivity index (χ4n) is 4.16. The molecule has 2 saturated heterocycles. The smallest absolute Gasteiger partial charge is 0.257 e. The van der Waals surface area contributed by atoms with Crippen LogP contribution in [-0.4, -0.2) is 44.8 Å². The highest BCUT2D eigenvalue weighted by Gasteiger charge is 2.29. The Morgan fingerprint density at radius 2 is 1.50 bits per heavy atom. The number of sulfonamides is 1. The molecule has 2 heterocycles. The molecule has 2 aliphatic rings. The quantitative estimate of drug-likeness (QED) is 0.672. The van der Waals surface area contributed by atoms with Crippen LogP contribution in [0.2, 0.25) is 0 Å². The third-order valence-corrected chi connectivity index (χ3v) is 7.79. The van der Waals surface area contributed by atoms with Crippen LogP contribution in [0.3, 0.4) is 0 Å². The molecule has 172 valence electrons. The van der Waals surface area contributed by atoms with E-state index in [1.165, 1.54) is 16.4 Å². The van der Waals surface area contributed by atoms with Crippen LogP contribution in [-0.2, 0) is 10.0 Å². The summed E-state index contributed by atoms with van der Waals surface area (Å²) < 4.78 is 68.6. The summed E-state index contributed by atoms with van der Waals surface area (Å²) in [6, 6.07) is 5.98. The average Bonchev–Trinajstić information content (AvgIpc) is 3.34. The zero-order chi connectivity index (χ0) is 22.9. The number of benzene rings is 2. The fraction of sp³-hybridized carbons (Fsp3) is 0.409. The molecular formula is C22H24F3N3O3S. The lowest BCUT2D eigenvalue weighted by Gasteiger charge is -2.27. The van der Waals surface area contributed by atoms with Crippen molar-refractivity contribution < 1.29 is 26.4 Å². The third-order valence-electron chi connectivity index (χ3n) is 5.90. The second-order valence-electron chi connectivity index (χ2n) is 8.01. The Labute approximate surface area is 185 Å². The minimum atomic E-state index is -3.80. The van der Waals surface area contributed by atoms with Crippen molar-refractivity contribution in [3.05, 3.63) is 53.3 Å². The number of halogens is 3. The number of nitrogens with zero attached hydrogens (tertiary/aromatic N) is 2. The molecule has 2 aromatic carbocycles. The van der Waals surface area contributed by atoms with Gasteiger partial charge < -0.3 is 10.2 Å². The zero-order valence-corrected chi connectivity index (χ0v) is 18.2. The Hall–Kier alpha value is -2.59. The normalized spacial score (nSPS) is 17.5. The number of hydrogen-bond donors (Lipinski definition) is 1. The first-order valence-corrected chi connectivity index (χ1v) is 12.1. The van der Waals surface area contributed by atoms with Crippen LogP contribution in [0.15, 0.2) is 35.2 Å². The minimum Gasteiger partial charge on any atom is -0.371 e.